The first-order chi connectivity index (χ1) is 13.8. The van der Waals surface area contributed by atoms with Gasteiger partial charge in [0.15, 0.2) is 0 Å². The molecule has 1 aromatic heterocycles. The summed E-state index contributed by atoms with van der Waals surface area (Å²) in [5.41, 5.74) is 0.970. The van der Waals surface area contributed by atoms with E-state index in [1.165, 1.54) is 18.3 Å². The number of carbonyl (C=O) groups is 1. The van der Waals surface area contributed by atoms with Gasteiger partial charge in [-0.3, -0.25) is 10.1 Å². The maximum absolute atomic E-state index is 14.0. The van der Waals surface area contributed by atoms with Gasteiger partial charge in [-0.25, -0.2) is 13.8 Å². The summed E-state index contributed by atoms with van der Waals surface area (Å²) in [7, 11) is 1.79. The molecule has 0 spiro atoms. The van der Waals surface area contributed by atoms with Gasteiger partial charge in [-0.15, -0.1) is 0 Å². The summed E-state index contributed by atoms with van der Waals surface area (Å²) in [6.07, 6.45) is 4.41. The van der Waals surface area contributed by atoms with Crippen LogP contribution in [0.25, 0.3) is 0 Å². The lowest BCUT2D eigenvalue weighted by Crippen LogP contribution is -2.38. The van der Waals surface area contributed by atoms with Crippen LogP contribution in [0, 0.1) is 23.0 Å². The summed E-state index contributed by atoms with van der Waals surface area (Å²) in [5.74, 6) is -0.878. The molecule has 1 aromatic carbocycles. The predicted molar refractivity (Wildman–Crippen MR) is 105 cm³/mol. The molecule has 1 aliphatic carbocycles. The molecule has 2 N–H and O–H groups in total. The zero-order valence-corrected chi connectivity index (χ0v) is 16.2. The summed E-state index contributed by atoms with van der Waals surface area (Å²) in [6.45, 7) is 1.81. The van der Waals surface area contributed by atoms with Crippen molar-refractivity contribution in [1.29, 1.82) is 5.26 Å². The maximum Gasteiger partial charge on any atom is 0.237 e. The molecule has 8 heteroatoms. The number of benzene rings is 1. The minimum atomic E-state index is -0.624. The average molecular weight is 397 g/mol. The monoisotopic (exact) mass is 397 g/mol. The number of amides is 1. The highest BCUT2D eigenvalue weighted by molar-refractivity contribution is 5.79. The number of rotatable bonds is 7. The molecule has 1 aliphatic rings. The summed E-state index contributed by atoms with van der Waals surface area (Å²) >= 11 is 0. The van der Waals surface area contributed by atoms with E-state index < -0.39 is 17.2 Å². The van der Waals surface area contributed by atoms with Crippen molar-refractivity contribution in [2.75, 3.05) is 18.5 Å². The molecule has 6 nitrogen and oxygen atoms in total. The van der Waals surface area contributed by atoms with E-state index in [-0.39, 0.29) is 12.5 Å². The number of hydrogen-bond acceptors (Lipinski definition) is 5. The minimum Gasteiger partial charge on any atom is -0.332 e. The van der Waals surface area contributed by atoms with Gasteiger partial charge in [0.1, 0.15) is 23.5 Å². The van der Waals surface area contributed by atoms with Gasteiger partial charge in [0.05, 0.1) is 12.1 Å². The topological polar surface area (TPSA) is 81.0 Å². The van der Waals surface area contributed by atoms with E-state index in [1.807, 2.05) is 13.0 Å². The second kappa shape index (κ2) is 8.37. The van der Waals surface area contributed by atoms with E-state index in [1.54, 1.807) is 30.3 Å². The molecule has 0 unspecified atom stereocenters. The van der Waals surface area contributed by atoms with Crippen LogP contribution in [-0.2, 0) is 10.3 Å². The lowest BCUT2D eigenvalue weighted by molar-refractivity contribution is -0.119. The van der Waals surface area contributed by atoms with Gasteiger partial charge in [-0.1, -0.05) is 6.07 Å². The van der Waals surface area contributed by atoms with Crippen molar-refractivity contribution >= 4 is 11.7 Å². The smallest absolute Gasteiger partial charge is 0.237 e. The zero-order valence-electron chi connectivity index (χ0n) is 16.2. The fourth-order valence-corrected chi connectivity index (χ4v) is 2.96. The Hall–Kier alpha value is -3.31. The molecular weight excluding hydrogens is 376 g/mol. The van der Waals surface area contributed by atoms with Crippen LogP contribution < -0.4 is 15.5 Å². The summed E-state index contributed by atoms with van der Waals surface area (Å²) in [5, 5.41) is 14.6. The number of aromatic nitrogens is 1. The number of anilines is 1. The molecule has 0 aliphatic heterocycles. The van der Waals surface area contributed by atoms with Crippen LogP contribution in [0.3, 0.4) is 0 Å². The van der Waals surface area contributed by atoms with Gasteiger partial charge in [-0.2, -0.15) is 5.26 Å². The van der Waals surface area contributed by atoms with Crippen LogP contribution in [0.15, 0.2) is 48.4 Å². The lowest BCUT2D eigenvalue weighted by Gasteiger charge is -2.20. The molecule has 1 saturated carbocycles. The van der Waals surface area contributed by atoms with E-state index in [4.69, 9.17) is 5.26 Å². The molecule has 0 saturated heterocycles. The van der Waals surface area contributed by atoms with Crippen molar-refractivity contribution in [3.63, 3.8) is 0 Å². The van der Waals surface area contributed by atoms with Crippen molar-refractivity contribution in [3.05, 3.63) is 71.2 Å². The molecule has 1 fully saturated rings. The molecule has 29 heavy (non-hydrogen) atoms. The number of allylic oxidation sites excluding steroid dienone is 1. The van der Waals surface area contributed by atoms with Crippen LogP contribution >= 0.6 is 0 Å². The second-order valence-electron chi connectivity index (χ2n) is 6.99. The highest BCUT2D eigenvalue weighted by atomic mass is 19.1. The van der Waals surface area contributed by atoms with Crippen molar-refractivity contribution in [2.24, 2.45) is 0 Å². The summed E-state index contributed by atoms with van der Waals surface area (Å²) in [4.78, 5) is 18.2. The first-order valence-corrected chi connectivity index (χ1v) is 9.11. The van der Waals surface area contributed by atoms with Crippen molar-refractivity contribution in [2.45, 2.75) is 25.3 Å². The standard InChI is InChI=1S/C21H21F2N5O/c1-14(28(2)19-6-3-15(10-24)12-25-19)11-26-20(29)13-27-21(7-8-21)17-5-4-16(22)9-18(17)23/h3-6,9,11-12,27H,7-8,13H2,1-2H3,(H,26,29)/b14-11+. The Morgan fingerprint density at radius 1 is 1.34 bits per heavy atom. The Labute approximate surface area is 167 Å². The third-order valence-electron chi connectivity index (χ3n) is 4.98. The third kappa shape index (κ3) is 4.76. The van der Waals surface area contributed by atoms with Crippen molar-refractivity contribution in [1.82, 2.24) is 15.6 Å². The minimum absolute atomic E-state index is 0.000568. The number of nitriles is 1. The van der Waals surface area contributed by atoms with E-state index in [0.29, 0.717) is 29.8 Å². The Morgan fingerprint density at radius 2 is 2.10 bits per heavy atom. The Kier molecular flexibility index (Phi) is 5.89. The maximum atomic E-state index is 14.0. The zero-order chi connectivity index (χ0) is 21.0. The number of pyridine rings is 1. The highest BCUT2D eigenvalue weighted by Crippen LogP contribution is 2.46. The van der Waals surface area contributed by atoms with Crippen molar-refractivity contribution in [3.8, 4) is 6.07 Å². The molecule has 1 heterocycles. The van der Waals surface area contributed by atoms with E-state index in [0.717, 1.165) is 11.8 Å². The number of carbonyl (C=O) groups excluding carboxylic acids is 1. The summed E-state index contributed by atoms with van der Waals surface area (Å²) < 4.78 is 27.2. The van der Waals surface area contributed by atoms with Gasteiger partial charge in [0.25, 0.3) is 0 Å². The number of halogens is 2. The Balaban J connectivity index is 1.55. The fraction of sp³-hybridized carbons (Fsp3) is 0.286. The number of nitrogens with one attached hydrogen (secondary N) is 2. The van der Waals surface area contributed by atoms with E-state index >= 15 is 0 Å². The molecule has 150 valence electrons. The third-order valence-corrected chi connectivity index (χ3v) is 4.98. The van der Waals surface area contributed by atoms with Crippen LogP contribution in [0.4, 0.5) is 14.6 Å². The number of nitrogens with zero attached hydrogens (tertiary/aromatic N) is 3. The largest absolute Gasteiger partial charge is 0.332 e. The Bertz CT molecular complexity index is 978. The quantitative estimate of drug-likeness (QED) is 0.751. The molecule has 2 aromatic rings. The normalized spacial score (nSPS) is 14.8. The van der Waals surface area contributed by atoms with E-state index in [9.17, 15) is 13.6 Å². The average Bonchev–Trinajstić information content (AvgIpc) is 3.50. The van der Waals surface area contributed by atoms with Crippen LogP contribution in [0.1, 0.15) is 30.9 Å². The molecule has 0 bridgehead atoms. The molecule has 0 radical (unpaired) electrons. The molecule has 0 atom stereocenters. The molecular formula is C21H21F2N5O. The lowest BCUT2D eigenvalue weighted by atomic mass is 10.0. The fourth-order valence-electron chi connectivity index (χ4n) is 2.96. The number of hydrogen-bond donors (Lipinski definition) is 2. The molecule has 3 rings (SSSR count). The van der Waals surface area contributed by atoms with Gasteiger partial charge in [0.2, 0.25) is 5.91 Å². The second-order valence-corrected chi connectivity index (χ2v) is 6.99. The van der Waals surface area contributed by atoms with Gasteiger partial charge < -0.3 is 10.2 Å². The Morgan fingerprint density at radius 3 is 2.69 bits per heavy atom. The molecule has 1 amide bonds. The van der Waals surface area contributed by atoms with Crippen LogP contribution in [0.2, 0.25) is 0 Å². The first kappa shape index (κ1) is 20.4. The first-order valence-electron chi connectivity index (χ1n) is 9.11. The van der Waals surface area contributed by atoms with Gasteiger partial charge in [0, 0.05) is 42.3 Å². The van der Waals surface area contributed by atoms with E-state index in [2.05, 4.69) is 15.6 Å². The SMILES string of the molecule is C/C(=C\NC(=O)CNC1(c2ccc(F)cc2F)CC1)N(C)c1ccc(C#N)cn1. The van der Waals surface area contributed by atoms with Gasteiger partial charge >= 0.3 is 0 Å². The van der Waals surface area contributed by atoms with Crippen LogP contribution in [-0.4, -0.2) is 24.5 Å². The highest BCUT2D eigenvalue weighted by Gasteiger charge is 2.45. The predicted octanol–water partition coefficient (Wildman–Crippen LogP) is 2.92. The van der Waals surface area contributed by atoms with Crippen LogP contribution in [0.5, 0.6) is 0 Å². The summed E-state index contributed by atoms with van der Waals surface area (Å²) in [6, 6.07) is 8.89. The van der Waals surface area contributed by atoms with Crippen molar-refractivity contribution < 1.29 is 13.6 Å². The van der Waals surface area contributed by atoms with Gasteiger partial charge in [-0.05, 0) is 38.0 Å².